The first-order valence-corrected chi connectivity index (χ1v) is 9.98. The lowest BCUT2D eigenvalue weighted by Gasteiger charge is -2.32. The third-order valence-corrected chi connectivity index (χ3v) is 5.60. The highest BCUT2D eigenvalue weighted by Crippen LogP contribution is 2.29. The number of aryl methyl sites for hydroxylation is 1. The Morgan fingerprint density at radius 3 is 2.59 bits per heavy atom. The van der Waals surface area contributed by atoms with E-state index in [1.165, 1.54) is 0 Å². The van der Waals surface area contributed by atoms with Crippen LogP contribution in [0.15, 0.2) is 60.6 Å². The fourth-order valence-electron chi connectivity index (χ4n) is 3.66. The Balaban J connectivity index is 0.00000240. The predicted molar refractivity (Wildman–Crippen MR) is 121 cm³/mol. The molecule has 0 N–H and O–H groups in total. The number of hydrogen-bond acceptors (Lipinski definition) is 4. The Morgan fingerprint density at radius 1 is 1.24 bits per heavy atom. The SMILES string of the molecule is Cc1nccn1-c1ccc(N(C(=O)C2CCOCC2)C2=CC=CCC2=S)cc1.Cl. The van der Waals surface area contributed by atoms with Crippen LogP contribution in [0, 0.1) is 12.8 Å². The monoisotopic (exact) mass is 429 g/mol. The Morgan fingerprint density at radius 2 is 1.97 bits per heavy atom. The zero-order valence-corrected chi connectivity index (χ0v) is 17.9. The minimum absolute atomic E-state index is 0. The molecule has 0 atom stereocenters. The number of amides is 1. The van der Waals surface area contributed by atoms with E-state index in [9.17, 15) is 4.79 Å². The van der Waals surface area contributed by atoms with Gasteiger partial charge in [0.05, 0.1) is 5.70 Å². The second-order valence-electron chi connectivity index (χ2n) is 7.03. The summed E-state index contributed by atoms with van der Waals surface area (Å²) >= 11 is 5.58. The molecule has 0 radical (unpaired) electrons. The fraction of sp³-hybridized carbons (Fsp3) is 0.318. The highest BCUT2D eigenvalue weighted by atomic mass is 35.5. The van der Waals surface area contributed by atoms with Crippen molar-refractivity contribution in [3.05, 3.63) is 66.4 Å². The second-order valence-corrected chi connectivity index (χ2v) is 7.52. The molecule has 2 aliphatic rings. The number of allylic oxidation sites excluding steroid dienone is 4. The summed E-state index contributed by atoms with van der Waals surface area (Å²) in [6, 6.07) is 7.98. The van der Waals surface area contributed by atoms with E-state index in [1.54, 1.807) is 11.1 Å². The van der Waals surface area contributed by atoms with Crippen molar-refractivity contribution in [1.29, 1.82) is 0 Å². The number of rotatable bonds is 4. The molecule has 2 heterocycles. The molecule has 1 aliphatic heterocycles. The van der Waals surface area contributed by atoms with Crippen molar-refractivity contribution in [2.45, 2.75) is 26.2 Å². The average Bonchev–Trinajstić information content (AvgIpc) is 3.16. The molecule has 2 aromatic rings. The number of hydrogen-bond donors (Lipinski definition) is 0. The van der Waals surface area contributed by atoms with Gasteiger partial charge in [0.25, 0.3) is 0 Å². The number of anilines is 1. The molecule has 29 heavy (non-hydrogen) atoms. The summed E-state index contributed by atoms with van der Waals surface area (Å²) in [5.74, 6) is 0.974. The van der Waals surface area contributed by atoms with Crippen molar-refractivity contribution >= 4 is 41.1 Å². The summed E-state index contributed by atoms with van der Waals surface area (Å²) < 4.78 is 7.45. The van der Waals surface area contributed by atoms with E-state index in [0.717, 1.165) is 40.6 Å². The van der Waals surface area contributed by atoms with E-state index < -0.39 is 0 Å². The Kier molecular flexibility index (Phi) is 7.00. The van der Waals surface area contributed by atoms with Gasteiger partial charge in [0.1, 0.15) is 5.82 Å². The van der Waals surface area contributed by atoms with Gasteiger partial charge in [0.2, 0.25) is 5.91 Å². The normalized spacial score (nSPS) is 16.9. The third kappa shape index (κ3) is 4.50. The molecule has 1 saturated heterocycles. The number of thiocarbonyl (C=S) groups is 1. The lowest BCUT2D eigenvalue weighted by molar-refractivity contribution is -0.124. The third-order valence-electron chi connectivity index (χ3n) is 5.22. The van der Waals surface area contributed by atoms with Crippen molar-refractivity contribution in [1.82, 2.24) is 9.55 Å². The number of benzene rings is 1. The molecule has 5 nitrogen and oxygen atoms in total. The van der Waals surface area contributed by atoms with Crippen LogP contribution in [-0.2, 0) is 9.53 Å². The Bertz CT molecular complexity index is 943. The number of ether oxygens (including phenoxy) is 1. The number of imidazole rings is 1. The van der Waals surface area contributed by atoms with Crippen molar-refractivity contribution in [3.8, 4) is 5.69 Å². The van der Waals surface area contributed by atoms with Gasteiger partial charge in [-0.2, -0.15) is 0 Å². The smallest absolute Gasteiger partial charge is 0.234 e. The Labute approximate surface area is 182 Å². The van der Waals surface area contributed by atoms with Crippen molar-refractivity contribution in [3.63, 3.8) is 0 Å². The minimum Gasteiger partial charge on any atom is -0.381 e. The summed E-state index contributed by atoms with van der Waals surface area (Å²) in [5.41, 5.74) is 2.65. The number of aromatic nitrogens is 2. The molecule has 0 spiro atoms. The van der Waals surface area contributed by atoms with Gasteiger partial charge in [-0.25, -0.2) is 4.98 Å². The van der Waals surface area contributed by atoms with Crippen LogP contribution in [0.1, 0.15) is 25.1 Å². The molecule has 1 fully saturated rings. The standard InChI is InChI=1S/C22H23N3O2S.ClH/c1-16-23-12-13-24(16)18-6-8-19(9-7-18)25(20-4-2-3-5-21(20)28)22(26)17-10-14-27-15-11-17;/h2-4,6-9,12-13,17H,5,10-11,14-15H2,1H3;1H. The number of carbonyl (C=O) groups is 1. The topological polar surface area (TPSA) is 47.4 Å². The van der Waals surface area contributed by atoms with E-state index in [-0.39, 0.29) is 24.2 Å². The van der Waals surface area contributed by atoms with Gasteiger partial charge in [-0.1, -0.05) is 24.4 Å². The van der Waals surface area contributed by atoms with E-state index >= 15 is 0 Å². The Hall–Kier alpha value is -2.28. The van der Waals surface area contributed by atoms with Crippen LogP contribution >= 0.6 is 24.6 Å². The lowest BCUT2D eigenvalue weighted by atomic mass is 9.97. The molecule has 1 aromatic carbocycles. The van der Waals surface area contributed by atoms with Crippen molar-refractivity contribution in [2.75, 3.05) is 18.1 Å². The summed E-state index contributed by atoms with van der Waals surface area (Å²) in [5, 5.41) is 0. The van der Waals surface area contributed by atoms with Crippen LogP contribution in [0.5, 0.6) is 0 Å². The van der Waals surface area contributed by atoms with E-state index in [0.29, 0.717) is 19.6 Å². The van der Waals surface area contributed by atoms with E-state index in [2.05, 4.69) is 4.98 Å². The molecule has 7 heteroatoms. The van der Waals surface area contributed by atoms with E-state index in [1.807, 2.05) is 60.2 Å². The van der Waals surface area contributed by atoms with Crippen LogP contribution < -0.4 is 4.90 Å². The van der Waals surface area contributed by atoms with Crippen molar-refractivity contribution < 1.29 is 9.53 Å². The summed E-state index contributed by atoms with van der Waals surface area (Å²) in [7, 11) is 0. The van der Waals surface area contributed by atoms with Crippen molar-refractivity contribution in [2.24, 2.45) is 5.92 Å². The van der Waals surface area contributed by atoms with Gasteiger partial charge in [-0.3, -0.25) is 9.69 Å². The maximum Gasteiger partial charge on any atom is 0.234 e. The maximum absolute atomic E-state index is 13.4. The molecular formula is C22H24ClN3O2S. The molecule has 1 amide bonds. The highest BCUT2D eigenvalue weighted by molar-refractivity contribution is 7.80. The second kappa shape index (κ2) is 9.48. The van der Waals surface area contributed by atoms with Gasteiger partial charge in [-0.15, -0.1) is 12.4 Å². The zero-order chi connectivity index (χ0) is 19.5. The molecule has 0 bridgehead atoms. The average molecular weight is 430 g/mol. The van der Waals surface area contributed by atoms with Crippen LogP contribution in [0.2, 0.25) is 0 Å². The minimum atomic E-state index is -0.0427. The number of halogens is 1. The molecule has 1 aliphatic carbocycles. The molecule has 1 aromatic heterocycles. The largest absolute Gasteiger partial charge is 0.381 e. The number of carbonyl (C=O) groups excluding carboxylic acids is 1. The van der Waals surface area contributed by atoms with Gasteiger partial charge in [0.15, 0.2) is 0 Å². The fourth-order valence-corrected chi connectivity index (χ4v) is 3.91. The van der Waals surface area contributed by atoms with E-state index in [4.69, 9.17) is 17.0 Å². The maximum atomic E-state index is 13.4. The van der Waals surface area contributed by atoms with Gasteiger partial charge in [0, 0.05) is 54.2 Å². The quantitative estimate of drug-likeness (QED) is 0.667. The van der Waals surface area contributed by atoms with Gasteiger partial charge < -0.3 is 9.30 Å². The lowest BCUT2D eigenvalue weighted by Crippen LogP contribution is -2.40. The molecule has 0 saturated carbocycles. The summed E-state index contributed by atoms with van der Waals surface area (Å²) in [6.45, 7) is 3.23. The van der Waals surface area contributed by atoms with Crippen LogP contribution in [-0.4, -0.2) is 33.5 Å². The molecular weight excluding hydrogens is 406 g/mol. The van der Waals surface area contributed by atoms with Gasteiger partial charge >= 0.3 is 0 Å². The summed E-state index contributed by atoms with van der Waals surface area (Å²) in [6.07, 6.45) is 11.8. The van der Waals surface area contributed by atoms with Gasteiger partial charge in [-0.05, 0) is 50.1 Å². The molecule has 0 unspecified atom stereocenters. The highest BCUT2D eigenvalue weighted by Gasteiger charge is 2.31. The zero-order valence-electron chi connectivity index (χ0n) is 16.3. The molecule has 152 valence electrons. The number of nitrogens with zero attached hydrogens (tertiary/aromatic N) is 3. The van der Waals surface area contributed by atoms with Crippen LogP contribution in [0.3, 0.4) is 0 Å². The van der Waals surface area contributed by atoms with Crippen LogP contribution in [0.4, 0.5) is 5.69 Å². The predicted octanol–water partition coefficient (Wildman–Crippen LogP) is 4.58. The first kappa shape index (κ1) is 21.4. The first-order chi connectivity index (χ1) is 13.6. The first-order valence-electron chi connectivity index (χ1n) is 9.57. The molecule has 4 rings (SSSR count). The summed E-state index contributed by atoms with van der Waals surface area (Å²) in [4.78, 5) is 20.3. The van der Waals surface area contributed by atoms with Crippen LogP contribution in [0.25, 0.3) is 5.69 Å².